The first-order chi connectivity index (χ1) is 5.25. The number of amides is 1. The predicted octanol–water partition coefficient (Wildman–Crippen LogP) is 0.229. The van der Waals surface area contributed by atoms with Crippen molar-refractivity contribution in [3.63, 3.8) is 0 Å². The van der Waals surface area contributed by atoms with Crippen LogP contribution in [0.3, 0.4) is 0 Å². The Balaban J connectivity index is 2.33. The van der Waals surface area contributed by atoms with Crippen LogP contribution >= 0.6 is 11.8 Å². The van der Waals surface area contributed by atoms with Crippen molar-refractivity contribution in [1.82, 2.24) is 5.32 Å². The van der Waals surface area contributed by atoms with Gasteiger partial charge in [0.05, 0.1) is 0 Å². The molecule has 1 fully saturated rings. The largest absolute Gasteiger partial charge is 0.303 e. The molecule has 1 atom stereocenters. The van der Waals surface area contributed by atoms with Gasteiger partial charge in [0, 0.05) is 6.21 Å². The van der Waals surface area contributed by atoms with Gasteiger partial charge in [0.1, 0.15) is 11.1 Å². The number of amidine groups is 1. The molecule has 1 unspecified atom stereocenters. The van der Waals surface area contributed by atoms with Crippen molar-refractivity contribution in [1.29, 1.82) is 5.41 Å². The van der Waals surface area contributed by atoms with E-state index < -0.39 is 0 Å². The molecule has 2 N–H and O–H groups in total. The van der Waals surface area contributed by atoms with Gasteiger partial charge in [0.2, 0.25) is 5.96 Å². The molecular formula is C5H4N4OS. The topological polar surface area (TPSA) is 77.7 Å². The van der Waals surface area contributed by atoms with Gasteiger partial charge in [0.15, 0.2) is 0 Å². The van der Waals surface area contributed by atoms with Crippen LogP contribution in [0.1, 0.15) is 0 Å². The molecule has 0 aromatic heterocycles. The summed E-state index contributed by atoms with van der Waals surface area (Å²) in [6.07, 6.45) is 1.55. The summed E-state index contributed by atoms with van der Waals surface area (Å²) in [5, 5.41) is 9.36. The van der Waals surface area contributed by atoms with Crippen LogP contribution < -0.4 is 5.32 Å². The monoisotopic (exact) mass is 168 g/mol. The normalized spacial score (nSPS) is 28.0. The summed E-state index contributed by atoms with van der Waals surface area (Å²) < 4.78 is 0. The smallest absolute Gasteiger partial charge is 0.285 e. The van der Waals surface area contributed by atoms with Gasteiger partial charge in [-0.2, -0.15) is 4.99 Å². The molecule has 0 aromatic rings. The van der Waals surface area contributed by atoms with E-state index in [-0.39, 0.29) is 16.4 Å². The van der Waals surface area contributed by atoms with Gasteiger partial charge in [-0.3, -0.25) is 10.2 Å². The van der Waals surface area contributed by atoms with Crippen LogP contribution in [-0.4, -0.2) is 28.5 Å². The molecule has 0 bridgehead atoms. The Labute approximate surface area is 66.5 Å². The maximum absolute atomic E-state index is 10.8. The second-order valence-corrected chi connectivity index (χ2v) is 3.16. The molecular weight excluding hydrogens is 164 g/mol. The molecule has 0 aromatic carbocycles. The van der Waals surface area contributed by atoms with Crippen LogP contribution in [0.25, 0.3) is 0 Å². The molecule has 0 saturated carbocycles. The molecule has 11 heavy (non-hydrogen) atoms. The molecule has 56 valence electrons. The molecule has 6 heteroatoms. The Morgan fingerprint density at radius 3 is 3.36 bits per heavy atom. The Morgan fingerprint density at radius 2 is 2.55 bits per heavy atom. The lowest BCUT2D eigenvalue weighted by Gasteiger charge is -2.05. The van der Waals surface area contributed by atoms with E-state index in [1.54, 1.807) is 6.21 Å². The van der Waals surface area contributed by atoms with Crippen LogP contribution in [0.5, 0.6) is 0 Å². The summed E-state index contributed by atoms with van der Waals surface area (Å²) in [5.41, 5.74) is 0. The third-order valence-electron chi connectivity index (χ3n) is 1.29. The lowest BCUT2D eigenvalue weighted by molar-refractivity contribution is 0.265. The third-order valence-corrected chi connectivity index (χ3v) is 2.21. The van der Waals surface area contributed by atoms with Gasteiger partial charge >= 0.3 is 0 Å². The van der Waals surface area contributed by atoms with Crippen molar-refractivity contribution >= 4 is 35.0 Å². The van der Waals surface area contributed by atoms with E-state index in [2.05, 4.69) is 15.3 Å². The van der Waals surface area contributed by atoms with E-state index in [0.29, 0.717) is 5.84 Å². The number of carbonyl (C=O) groups excluding carboxylic acids is 1. The van der Waals surface area contributed by atoms with Gasteiger partial charge in [-0.1, -0.05) is 0 Å². The number of nitrogens with zero attached hydrogens (tertiary/aromatic N) is 2. The highest BCUT2D eigenvalue weighted by Gasteiger charge is 2.30. The standard InChI is InChI=1S/C5H4N4OS/c6-4-7-1-2-3(8-4)9-5(10)11-2/h1-2H,(H2,6,8,9,10). The summed E-state index contributed by atoms with van der Waals surface area (Å²) in [4.78, 5) is 18.2. The van der Waals surface area contributed by atoms with E-state index in [1.165, 1.54) is 0 Å². The first-order valence-corrected chi connectivity index (χ1v) is 3.82. The molecule has 2 aliphatic rings. The average Bonchev–Trinajstić information content (AvgIpc) is 2.27. The summed E-state index contributed by atoms with van der Waals surface area (Å²) in [6, 6.07) is 0. The number of nitrogens with one attached hydrogen (secondary N) is 2. The van der Waals surface area contributed by atoms with Gasteiger partial charge in [-0.15, -0.1) is 0 Å². The summed E-state index contributed by atoms with van der Waals surface area (Å²) in [6.45, 7) is 0. The fraction of sp³-hybridized carbons (Fsp3) is 0.200. The second-order valence-electron chi connectivity index (χ2n) is 2.05. The van der Waals surface area contributed by atoms with E-state index in [9.17, 15) is 4.79 Å². The molecule has 0 spiro atoms. The molecule has 0 aliphatic carbocycles. The fourth-order valence-corrected chi connectivity index (χ4v) is 1.59. The highest BCUT2D eigenvalue weighted by Crippen LogP contribution is 2.20. The van der Waals surface area contributed by atoms with Crippen molar-refractivity contribution in [2.45, 2.75) is 5.25 Å². The van der Waals surface area contributed by atoms with Gasteiger partial charge in [0.25, 0.3) is 5.24 Å². The Kier molecular flexibility index (Phi) is 1.28. The predicted molar refractivity (Wildman–Crippen MR) is 43.6 cm³/mol. The first kappa shape index (κ1) is 6.53. The van der Waals surface area contributed by atoms with Crippen LogP contribution in [0, 0.1) is 5.41 Å². The number of fused-ring (bicyclic) bond motifs is 1. The number of carbonyl (C=O) groups is 1. The summed E-state index contributed by atoms with van der Waals surface area (Å²) in [5.74, 6) is 0.471. The Bertz CT molecular complexity index is 295. The lowest BCUT2D eigenvalue weighted by Crippen LogP contribution is -2.29. The molecule has 2 rings (SSSR count). The summed E-state index contributed by atoms with van der Waals surface area (Å²) >= 11 is 1.12. The SMILES string of the molecule is N=C1N=CC2SC(=O)NC2=N1. The zero-order chi connectivity index (χ0) is 7.84. The Morgan fingerprint density at radius 1 is 1.73 bits per heavy atom. The van der Waals surface area contributed by atoms with Gasteiger partial charge in [-0.25, -0.2) is 4.99 Å². The third kappa shape index (κ3) is 1.05. The van der Waals surface area contributed by atoms with Gasteiger partial charge in [-0.05, 0) is 11.8 Å². The zero-order valence-electron chi connectivity index (χ0n) is 5.37. The van der Waals surface area contributed by atoms with E-state index >= 15 is 0 Å². The lowest BCUT2D eigenvalue weighted by atomic mass is 10.4. The minimum atomic E-state index is -0.130. The molecule has 2 heterocycles. The highest BCUT2D eigenvalue weighted by molar-refractivity contribution is 8.16. The second kappa shape index (κ2) is 2.16. The van der Waals surface area contributed by atoms with Crippen molar-refractivity contribution in [3.8, 4) is 0 Å². The van der Waals surface area contributed by atoms with Gasteiger partial charge < -0.3 is 5.32 Å². The van der Waals surface area contributed by atoms with Crippen LogP contribution in [-0.2, 0) is 0 Å². The minimum Gasteiger partial charge on any atom is -0.303 e. The highest BCUT2D eigenvalue weighted by atomic mass is 32.2. The quantitative estimate of drug-likeness (QED) is 0.543. The fourth-order valence-electron chi connectivity index (χ4n) is 0.850. The number of aliphatic imine (C=N–C) groups is 2. The minimum absolute atomic E-state index is 0.0564. The maximum Gasteiger partial charge on any atom is 0.285 e. The van der Waals surface area contributed by atoms with Crippen LogP contribution in [0.4, 0.5) is 4.79 Å². The zero-order valence-corrected chi connectivity index (χ0v) is 6.18. The van der Waals surface area contributed by atoms with Crippen molar-refractivity contribution < 1.29 is 4.79 Å². The number of thioether (sulfide) groups is 1. The van der Waals surface area contributed by atoms with Crippen LogP contribution in [0.2, 0.25) is 0 Å². The van der Waals surface area contributed by atoms with Crippen molar-refractivity contribution in [2.75, 3.05) is 0 Å². The molecule has 1 amide bonds. The average molecular weight is 168 g/mol. The number of rotatable bonds is 0. The number of guanidine groups is 1. The molecule has 0 radical (unpaired) electrons. The first-order valence-electron chi connectivity index (χ1n) is 2.94. The number of hydrogen-bond acceptors (Lipinski definition) is 3. The van der Waals surface area contributed by atoms with Crippen molar-refractivity contribution in [3.05, 3.63) is 0 Å². The van der Waals surface area contributed by atoms with E-state index in [1.807, 2.05) is 0 Å². The van der Waals surface area contributed by atoms with E-state index in [4.69, 9.17) is 5.41 Å². The number of hydrogen-bond donors (Lipinski definition) is 2. The molecule has 1 saturated heterocycles. The Hall–Kier alpha value is -1.17. The molecule has 2 aliphatic heterocycles. The summed E-state index contributed by atoms with van der Waals surface area (Å²) in [7, 11) is 0. The van der Waals surface area contributed by atoms with E-state index in [0.717, 1.165) is 11.8 Å². The molecule has 5 nitrogen and oxygen atoms in total. The maximum atomic E-state index is 10.8. The van der Waals surface area contributed by atoms with Crippen LogP contribution in [0.15, 0.2) is 9.98 Å². The van der Waals surface area contributed by atoms with Crippen molar-refractivity contribution in [2.24, 2.45) is 9.98 Å².